The predicted octanol–water partition coefficient (Wildman–Crippen LogP) is 3.73. The van der Waals surface area contributed by atoms with E-state index in [1.54, 1.807) is 0 Å². The Morgan fingerprint density at radius 3 is 2.45 bits per heavy atom. The molecule has 1 heterocycles. The van der Waals surface area contributed by atoms with Crippen LogP contribution in [0.4, 0.5) is 0 Å². The molecule has 0 aliphatic carbocycles. The summed E-state index contributed by atoms with van der Waals surface area (Å²) in [6.07, 6.45) is 1.01. The Bertz CT molecular complexity index is 647. The molecule has 0 aromatic heterocycles. The smallest absolute Gasteiger partial charge is 0.191 e. The van der Waals surface area contributed by atoms with E-state index in [0.29, 0.717) is 12.5 Å². The Labute approximate surface area is 207 Å². The first kappa shape index (κ1) is 28.0. The highest BCUT2D eigenvalue weighted by Crippen LogP contribution is 2.21. The highest BCUT2D eigenvalue weighted by atomic mass is 127. The molecule has 1 aliphatic rings. The van der Waals surface area contributed by atoms with Crippen LogP contribution in [0.25, 0.3) is 0 Å². The number of halogens is 1. The van der Waals surface area contributed by atoms with Gasteiger partial charge in [-0.25, -0.2) is 4.99 Å². The van der Waals surface area contributed by atoms with E-state index in [1.807, 2.05) is 0 Å². The average Bonchev–Trinajstić information content (AvgIpc) is 2.75. The van der Waals surface area contributed by atoms with Crippen molar-refractivity contribution in [3.8, 4) is 5.75 Å². The van der Waals surface area contributed by atoms with Crippen molar-refractivity contribution in [3.63, 3.8) is 0 Å². The minimum absolute atomic E-state index is 0. The first-order chi connectivity index (χ1) is 14.5. The Morgan fingerprint density at radius 2 is 1.81 bits per heavy atom. The Morgan fingerprint density at radius 1 is 1.10 bits per heavy atom. The van der Waals surface area contributed by atoms with Crippen LogP contribution in [0.5, 0.6) is 5.75 Å². The normalized spacial score (nSPS) is 16.5. The second-order valence-electron chi connectivity index (χ2n) is 8.38. The summed E-state index contributed by atoms with van der Waals surface area (Å²) in [5, 5.41) is 6.91. The number of rotatable bonds is 11. The fraction of sp³-hybridized carbons (Fsp3) is 0.708. The standard InChI is InChI=1S/C24H43N5O.HI/c1-6-15-30-23-16-20(4)9-10-22(23)18-27-24(25-7-2)26-17-21(5)19-29-13-11-28(8-3)12-14-29;/h9-10,16,21H,6-8,11-15,17-19H2,1-5H3,(H2,25,26,27);1H. The summed E-state index contributed by atoms with van der Waals surface area (Å²) < 4.78 is 5.94. The molecule has 1 aromatic carbocycles. The highest BCUT2D eigenvalue weighted by molar-refractivity contribution is 14.0. The van der Waals surface area contributed by atoms with Crippen LogP contribution in [-0.4, -0.2) is 74.7 Å². The van der Waals surface area contributed by atoms with E-state index in [2.05, 4.69) is 73.3 Å². The molecule has 6 nitrogen and oxygen atoms in total. The number of piperazine rings is 1. The molecule has 0 radical (unpaired) electrons. The zero-order valence-corrected chi connectivity index (χ0v) is 22.6. The third-order valence-corrected chi connectivity index (χ3v) is 5.54. The van der Waals surface area contributed by atoms with Gasteiger partial charge in [0.1, 0.15) is 5.75 Å². The van der Waals surface area contributed by atoms with Crippen LogP contribution in [0.3, 0.4) is 0 Å². The molecule has 0 saturated carbocycles. The minimum Gasteiger partial charge on any atom is -0.493 e. The van der Waals surface area contributed by atoms with Gasteiger partial charge in [0, 0.05) is 51.4 Å². The zero-order chi connectivity index (χ0) is 21.8. The van der Waals surface area contributed by atoms with E-state index in [0.717, 1.165) is 49.9 Å². The van der Waals surface area contributed by atoms with E-state index >= 15 is 0 Å². The van der Waals surface area contributed by atoms with Crippen LogP contribution < -0.4 is 15.4 Å². The van der Waals surface area contributed by atoms with Gasteiger partial charge in [0.05, 0.1) is 13.2 Å². The largest absolute Gasteiger partial charge is 0.493 e. The van der Waals surface area contributed by atoms with E-state index in [4.69, 9.17) is 9.73 Å². The fourth-order valence-electron chi connectivity index (χ4n) is 3.71. The summed E-state index contributed by atoms with van der Waals surface area (Å²) in [7, 11) is 0. The summed E-state index contributed by atoms with van der Waals surface area (Å²) >= 11 is 0. The number of nitrogens with one attached hydrogen (secondary N) is 2. The second kappa shape index (κ2) is 15.7. The van der Waals surface area contributed by atoms with Crippen LogP contribution in [-0.2, 0) is 6.54 Å². The molecule has 7 heteroatoms. The van der Waals surface area contributed by atoms with Crippen molar-refractivity contribution in [1.29, 1.82) is 0 Å². The lowest BCUT2D eigenvalue weighted by Crippen LogP contribution is -2.48. The highest BCUT2D eigenvalue weighted by Gasteiger charge is 2.17. The van der Waals surface area contributed by atoms with Crippen LogP contribution in [0.2, 0.25) is 0 Å². The topological polar surface area (TPSA) is 52.1 Å². The molecule has 0 amide bonds. The van der Waals surface area contributed by atoms with E-state index in [1.165, 1.54) is 38.3 Å². The molecule has 2 rings (SSSR count). The van der Waals surface area contributed by atoms with Crippen molar-refractivity contribution in [2.45, 2.75) is 47.6 Å². The third kappa shape index (κ3) is 10.4. The van der Waals surface area contributed by atoms with Crippen LogP contribution in [0.1, 0.15) is 45.2 Å². The van der Waals surface area contributed by atoms with Gasteiger partial charge in [-0.2, -0.15) is 0 Å². The van der Waals surface area contributed by atoms with Crippen LogP contribution in [0, 0.1) is 12.8 Å². The van der Waals surface area contributed by atoms with Crippen molar-refractivity contribution >= 4 is 29.9 Å². The SMILES string of the molecule is CCCOc1cc(C)ccc1CN=C(NCC)NCC(C)CN1CCN(CC)CC1.I. The number of hydrogen-bond acceptors (Lipinski definition) is 4. The fourth-order valence-corrected chi connectivity index (χ4v) is 3.71. The maximum absolute atomic E-state index is 5.94. The number of aryl methyl sites for hydroxylation is 1. The first-order valence-corrected chi connectivity index (χ1v) is 11.7. The van der Waals surface area contributed by atoms with Crippen molar-refractivity contribution in [2.75, 3.05) is 59.0 Å². The summed E-state index contributed by atoms with van der Waals surface area (Å²) in [6.45, 7) is 21.1. The lowest BCUT2D eigenvalue weighted by molar-refractivity contribution is 0.124. The van der Waals surface area contributed by atoms with Crippen molar-refractivity contribution in [1.82, 2.24) is 20.4 Å². The molecule has 1 fully saturated rings. The number of benzene rings is 1. The Hall–Kier alpha value is -1.06. The first-order valence-electron chi connectivity index (χ1n) is 11.7. The number of ether oxygens (including phenoxy) is 1. The monoisotopic (exact) mass is 545 g/mol. The van der Waals surface area contributed by atoms with Gasteiger partial charge in [0.15, 0.2) is 5.96 Å². The van der Waals surface area contributed by atoms with Gasteiger partial charge < -0.3 is 25.2 Å². The van der Waals surface area contributed by atoms with Gasteiger partial charge >= 0.3 is 0 Å². The molecule has 0 spiro atoms. The third-order valence-electron chi connectivity index (χ3n) is 5.54. The molecule has 1 aromatic rings. The zero-order valence-electron chi connectivity index (χ0n) is 20.2. The molecule has 1 saturated heterocycles. The molecule has 1 atom stereocenters. The lowest BCUT2D eigenvalue weighted by Gasteiger charge is -2.35. The van der Waals surface area contributed by atoms with Gasteiger partial charge in [0.25, 0.3) is 0 Å². The number of guanidine groups is 1. The summed E-state index contributed by atoms with van der Waals surface area (Å²) in [5.74, 6) is 2.41. The van der Waals surface area contributed by atoms with E-state index < -0.39 is 0 Å². The molecule has 178 valence electrons. The van der Waals surface area contributed by atoms with Crippen LogP contribution >= 0.6 is 24.0 Å². The van der Waals surface area contributed by atoms with Gasteiger partial charge in [-0.05, 0) is 44.4 Å². The van der Waals surface area contributed by atoms with Gasteiger partial charge in [-0.3, -0.25) is 0 Å². The molecule has 2 N–H and O–H groups in total. The van der Waals surface area contributed by atoms with E-state index in [-0.39, 0.29) is 24.0 Å². The number of aliphatic imine (C=N–C) groups is 1. The molecule has 31 heavy (non-hydrogen) atoms. The van der Waals surface area contributed by atoms with Gasteiger partial charge in [-0.1, -0.05) is 32.9 Å². The van der Waals surface area contributed by atoms with Crippen molar-refractivity contribution < 1.29 is 4.74 Å². The quantitative estimate of drug-likeness (QED) is 0.252. The van der Waals surface area contributed by atoms with Crippen molar-refractivity contribution in [3.05, 3.63) is 29.3 Å². The second-order valence-corrected chi connectivity index (χ2v) is 8.38. The lowest BCUT2D eigenvalue weighted by atomic mass is 10.1. The molecule has 1 aliphatic heterocycles. The maximum Gasteiger partial charge on any atom is 0.191 e. The van der Waals surface area contributed by atoms with Gasteiger partial charge in [-0.15, -0.1) is 24.0 Å². The minimum atomic E-state index is 0. The van der Waals surface area contributed by atoms with Crippen molar-refractivity contribution in [2.24, 2.45) is 10.9 Å². The molecular weight excluding hydrogens is 501 g/mol. The summed E-state index contributed by atoms with van der Waals surface area (Å²) in [5.41, 5.74) is 2.35. The summed E-state index contributed by atoms with van der Waals surface area (Å²) in [4.78, 5) is 9.93. The molecule has 1 unspecified atom stereocenters. The van der Waals surface area contributed by atoms with Gasteiger partial charge in [0.2, 0.25) is 0 Å². The number of hydrogen-bond donors (Lipinski definition) is 2. The molecular formula is C24H44IN5O. The number of likely N-dealkylation sites (N-methyl/N-ethyl adjacent to an activating group) is 1. The Balaban J connectivity index is 0.00000480. The Kier molecular flexibility index (Phi) is 14.2. The maximum atomic E-state index is 5.94. The average molecular weight is 546 g/mol. The summed E-state index contributed by atoms with van der Waals surface area (Å²) in [6, 6.07) is 6.37. The molecule has 0 bridgehead atoms. The predicted molar refractivity (Wildman–Crippen MR) is 143 cm³/mol. The number of nitrogens with zero attached hydrogens (tertiary/aromatic N) is 3. The van der Waals surface area contributed by atoms with Crippen LogP contribution in [0.15, 0.2) is 23.2 Å². The van der Waals surface area contributed by atoms with E-state index in [9.17, 15) is 0 Å².